The van der Waals surface area contributed by atoms with E-state index >= 15 is 0 Å². The minimum Gasteiger partial charge on any atom is -0.486 e. The van der Waals surface area contributed by atoms with Crippen molar-refractivity contribution in [2.75, 3.05) is 26.3 Å². The van der Waals surface area contributed by atoms with Crippen LogP contribution in [-0.4, -0.2) is 32.4 Å². The number of halogens is 1. The molecule has 1 aliphatic rings. The summed E-state index contributed by atoms with van der Waals surface area (Å²) >= 11 is 6.19. The van der Waals surface area contributed by atoms with E-state index in [1.807, 2.05) is 24.3 Å². The van der Waals surface area contributed by atoms with Gasteiger partial charge in [0.05, 0.1) is 5.02 Å². The minimum atomic E-state index is 0.423. The lowest BCUT2D eigenvalue weighted by Gasteiger charge is -2.12. The molecular weight excluding hydrogens is 274 g/mol. The second kappa shape index (κ2) is 8.30. The SMILES string of the molecule is C=CCc1cccc(Cl)c1OCC[NH2+]C[C@@H]1CCCO1. The zero-order valence-electron chi connectivity index (χ0n) is 11.8. The van der Waals surface area contributed by atoms with Crippen LogP contribution in [0.1, 0.15) is 18.4 Å². The molecule has 0 amide bonds. The first-order chi connectivity index (χ1) is 9.81. The first kappa shape index (κ1) is 15.4. The van der Waals surface area contributed by atoms with Crippen molar-refractivity contribution in [3.63, 3.8) is 0 Å². The summed E-state index contributed by atoms with van der Waals surface area (Å²) in [7, 11) is 0. The van der Waals surface area contributed by atoms with E-state index in [1.165, 1.54) is 12.8 Å². The monoisotopic (exact) mass is 296 g/mol. The predicted molar refractivity (Wildman–Crippen MR) is 81.5 cm³/mol. The van der Waals surface area contributed by atoms with E-state index in [9.17, 15) is 0 Å². The van der Waals surface area contributed by atoms with Crippen LogP contribution in [0.4, 0.5) is 0 Å². The van der Waals surface area contributed by atoms with Crippen LogP contribution in [0.2, 0.25) is 5.02 Å². The number of quaternary nitrogens is 1. The van der Waals surface area contributed by atoms with Gasteiger partial charge in [0.15, 0.2) is 0 Å². The molecule has 0 aliphatic carbocycles. The standard InChI is InChI=1S/C16H22ClNO2/c1-2-5-13-6-3-8-15(17)16(13)20-11-9-18-12-14-7-4-10-19-14/h2-3,6,8,14,18H,1,4-5,7,9-12H2/p+1/t14-/m0/s1. The van der Waals surface area contributed by atoms with Crippen LogP contribution in [0.25, 0.3) is 0 Å². The van der Waals surface area contributed by atoms with E-state index in [0.29, 0.717) is 17.7 Å². The lowest BCUT2D eigenvalue weighted by atomic mass is 10.1. The molecule has 0 unspecified atom stereocenters. The normalized spacial score (nSPS) is 18.1. The van der Waals surface area contributed by atoms with Gasteiger partial charge in [-0.25, -0.2) is 0 Å². The summed E-state index contributed by atoms with van der Waals surface area (Å²) in [5.74, 6) is 0.791. The van der Waals surface area contributed by atoms with Gasteiger partial charge in [-0.3, -0.25) is 0 Å². The Bertz CT molecular complexity index is 430. The summed E-state index contributed by atoms with van der Waals surface area (Å²) in [5, 5.41) is 2.92. The smallest absolute Gasteiger partial charge is 0.141 e. The Morgan fingerprint density at radius 2 is 2.40 bits per heavy atom. The average molecular weight is 297 g/mol. The van der Waals surface area contributed by atoms with Gasteiger partial charge in [-0.1, -0.05) is 29.8 Å². The second-order valence-electron chi connectivity index (χ2n) is 5.02. The van der Waals surface area contributed by atoms with Crippen LogP contribution in [0.3, 0.4) is 0 Å². The number of hydrogen-bond acceptors (Lipinski definition) is 2. The Morgan fingerprint density at radius 1 is 1.50 bits per heavy atom. The topological polar surface area (TPSA) is 35.1 Å². The third-order valence-electron chi connectivity index (χ3n) is 3.43. The van der Waals surface area contributed by atoms with E-state index in [0.717, 1.165) is 37.4 Å². The molecular formula is C16H23ClNO2+. The van der Waals surface area contributed by atoms with Gasteiger partial charge in [-0.15, -0.1) is 6.58 Å². The van der Waals surface area contributed by atoms with Gasteiger partial charge in [0.25, 0.3) is 0 Å². The van der Waals surface area contributed by atoms with Crippen LogP contribution < -0.4 is 10.1 Å². The molecule has 0 bridgehead atoms. The van der Waals surface area contributed by atoms with Gasteiger partial charge < -0.3 is 14.8 Å². The summed E-state index contributed by atoms with van der Waals surface area (Å²) in [6.45, 7) is 7.27. The van der Waals surface area contributed by atoms with Crippen LogP contribution in [0.15, 0.2) is 30.9 Å². The molecule has 1 aromatic carbocycles. The highest BCUT2D eigenvalue weighted by Gasteiger charge is 2.16. The van der Waals surface area contributed by atoms with E-state index < -0.39 is 0 Å². The predicted octanol–water partition coefficient (Wildman–Crippen LogP) is 2.19. The van der Waals surface area contributed by atoms with Gasteiger partial charge in [-0.2, -0.15) is 0 Å². The van der Waals surface area contributed by atoms with Crippen molar-refractivity contribution in [3.05, 3.63) is 41.4 Å². The summed E-state index contributed by atoms with van der Waals surface area (Å²) in [6.07, 6.45) is 5.44. The largest absolute Gasteiger partial charge is 0.486 e. The first-order valence-electron chi connectivity index (χ1n) is 7.25. The Labute approximate surface area is 125 Å². The maximum absolute atomic E-state index is 6.19. The fraction of sp³-hybridized carbons (Fsp3) is 0.500. The zero-order valence-corrected chi connectivity index (χ0v) is 12.6. The lowest BCUT2D eigenvalue weighted by Crippen LogP contribution is -2.87. The number of para-hydroxylation sites is 1. The molecule has 2 N–H and O–H groups in total. The Hall–Kier alpha value is -1.03. The summed E-state index contributed by atoms with van der Waals surface area (Å²) in [5.41, 5.74) is 1.09. The molecule has 3 nitrogen and oxygen atoms in total. The van der Waals surface area contributed by atoms with Crippen LogP contribution >= 0.6 is 11.6 Å². The maximum Gasteiger partial charge on any atom is 0.141 e. The average Bonchev–Trinajstić information content (AvgIpc) is 2.94. The van der Waals surface area contributed by atoms with Crippen molar-refractivity contribution in [1.82, 2.24) is 0 Å². The summed E-state index contributed by atoms with van der Waals surface area (Å²) in [4.78, 5) is 0. The third kappa shape index (κ3) is 4.51. The van der Waals surface area contributed by atoms with Crippen LogP contribution in [0.5, 0.6) is 5.75 Å². The van der Waals surface area contributed by atoms with Crippen LogP contribution in [-0.2, 0) is 11.2 Å². The van der Waals surface area contributed by atoms with E-state index in [-0.39, 0.29) is 0 Å². The van der Waals surface area contributed by atoms with Gasteiger partial charge in [0.1, 0.15) is 31.5 Å². The first-order valence-corrected chi connectivity index (χ1v) is 7.63. The number of allylic oxidation sites excluding steroid dienone is 1. The summed E-state index contributed by atoms with van der Waals surface area (Å²) < 4.78 is 11.4. The van der Waals surface area contributed by atoms with Crippen molar-refractivity contribution in [2.24, 2.45) is 0 Å². The molecule has 0 radical (unpaired) electrons. The number of benzene rings is 1. The zero-order chi connectivity index (χ0) is 14.2. The molecule has 20 heavy (non-hydrogen) atoms. The third-order valence-corrected chi connectivity index (χ3v) is 3.73. The highest BCUT2D eigenvalue weighted by atomic mass is 35.5. The van der Waals surface area contributed by atoms with Crippen LogP contribution in [0, 0.1) is 0 Å². The van der Waals surface area contributed by atoms with Crippen molar-refractivity contribution >= 4 is 11.6 Å². The fourth-order valence-corrected chi connectivity index (χ4v) is 2.66. The van der Waals surface area contributed by atoms with E-state index in [4.69, 9.17) is 21.1 Å². The summed E-state index contributed by atoms with van der Waals surface area (Å²) in [6, 6.07) is 5.83. The second-order valence-corrected chi connectivity index (χ2v) is 5.42. The molecule has 0 saturated carbocycles. The molecule has 2 rings (SSSR count). The van der Waals surface area contributed by atoms with Crippen molar-refractivity contribution in [2.45, 2.75) is 25.4 Å². The maximum atomic E-state index is 6.19. The number of hydrogen-bond donors (Lipinski definition) is 1. The Balaban J connectivity index is 1.74. The lowest BCUT2D eigenvalue weighted by molar-refractivity contribution is -0.661. The quantitative estimate of drug-likeness (QED) is 0.589. The van der Waals surface area contributed by atoms with E-state index in [1.54, 1.807) is 0 Å². The molecule has 1 heterocycles. The molecule has 1 aliphatic heterocycles. The molecule has 1 saturated heterocycles. The molecule has 4 heteroatoms. The van der Waals surface area contributed by atoms with E-state index in [2.05, 4.69) is 11.9 Å². The van der Waals surface area contributed by atoms with Gasteiger partial charge in [-0.05, 0) is 30.9 Å². The Kier molecular flexibility index (Phi) is 6.37. The highest BCUT2D eigenvalue weighted by molar-refractivity contribution is 6.32. The minimum absolute atomic E-state index is 0.423. The molecule has 1 fully saturated rings. The number of ether oxygens (including phenoxy) is 2. The molecule has 0 aromatic heterocycles. The van der Waals surface area contributed by atoms with Gasteiger partial charge in [0, 0.05) is 6.61 Å². The van der Waals surface area contributed by atoms with Crippen molar-refractivity contribution < 1.29 is 14.8 Å². The number of nitrogens with two attached hydrogens (primary N) is 1. The molecule has 1 aromatic rings. The van der Waals surface area contributed by atoms with Crippen molar-refractivity contribution in [1.29, 1.82) is 0 Å². The van der Waals surface area contributed by atoms with Gasteiger partial charge in [0.2, 0.25) is 0 Å². The Morgan fingerprint density at radius 3 is 3.15 bits per heavy atom. The molecule has 1 atom stereocenters. The number of rotatable bonds is 8. The highest BCUT2D eigenvalue weighted by Crippen LogP contribution is 2.29. The van der Waals surface area contributed by atoms with Crippen molar-refractivity contribution in [3.8, 4) is 5.75 Å². The molecule has 0 spiro atoms. The van der Waals surface area contributed by atoms with Gasteiger partial charge >= 0.3 is 0 Å². The fourth-order valence-electron chi connectivity index (χ4n) is 2.41. The molecule has 110 valence electrons.